The molecular formula is C33H34O4. The lowest BCUT2D eigenvalue weighted by atomic mass is 9.64. The average Bonchev–Trinajstić information content (AvgIpc) is 3.21. The highest BCUT2D eigenvalue weighted by Crippen LogP contribution is 2.58. The van der Waals surface area contributed by atoms with Crippen LogP contribution in [-0.4, -0.2) is 36.6 Å². The molecule has 4 heteroatoms. The molecule has 4 aromatic rings. The van der Waals surface area contributed by atoms with E-state index in [0.717, 1.165) is 22.6 Å². The number of hydrogen-bond donors (Lipinski definition) is 2. The van der Waals surface area contributed by atoms with E-state index < -0.39 is 5.41 Å². The minimum atomic E-state index is -0.526. The van der Waals surface area contributed by atoms with Crippen molar-refractivity contribution < 1.29 is 19.7 Å². The van der Waals surface area contributed by atoms with Gasteiger partial charge in [-0.2, -0.15) is 0 Å². The van der Waals surface area contributed by atoms with Gasteiger partial charge in [-0.15, -0.1) is 0 Å². The van der Waals surface area contributed by atoms with Crippen molar-refractivity contribution in [2.45, 2.75) is 33.1 Å². The van der Waals surface area contributed by atoms with Crippen LogP contribution in [0.25, 0.3) is 11.1 Å². The Hall–Kier alpha value is -3.60. The number of aliphatic hydroxyl groups excluding tert-OH is 2. The zero-order valence-corrected chi connectivity index (χ0v) is 22.0. The van der Waals surface area contributed by atoms with Crippen LogP contribution in [0.2, 0.25) is 0 Å². The number of ether oxygens (including phenoxy) is 2. The Morgan fingerprint density at radius 2 is 0.919 bits per heavy atom. The van der Waals surface area contributed by atoms with Gasteiger partial charge in [0.25, 0.3) is 0 Å². The first-order valence-electron chi connectivity index (χ1n) is 12.8. The smallest absolute Gasteiger partial charge is 0.122 e. The highest BCUT2D eigenvalue weighted by Gasteiger charge is 2.47. The minimum absolute atomic E-state index is 0.0197. The molecule has 0 aliphatic heterocycles. The minimum Gasteiger partial charge on any atom is -0.491 e. The Morgan fingerprint density at radius 1 is 0.514 bits per heavy atom. The molecule has 190 valence electrons. The van der Waals surface area contributed by atoms with Gasteiger partial charge in [-0.3, -0.25) is 0 Å². The van der Waals surface area contributed by atoms with Crippen molar-refractivity contribution in [3.05, 3.63) is 117 Å². The van der Waals surface area contributed by atoms with Crippen molar-refractivity contribution in [2.24, 2.45) is 0 Å². The van der Waals surface area contributed by atoms with Crippen LogP contribution in [0.4, 0.5) is 0 Å². The highest BCUT2D eigenvalue weighted by atomic mass is 16.5. The van der Waals surface area contributed by atoms with Crippen LogP contribution in [0.3, 0.4) is 0 Å². The van der Waals surface area contributed by atoms with Gasteiger partial charge in [0.15, 0.2) is 0 Å². The summed E-state index contributed by atoms with van der Waals surface area (Å²) in [5.41, 5.74) is 11.4. The average molecular weight is 495 g/mol. The van der Waals surface area contributed by atoms with Crippen molar-refractivity contribution in [3.8, 4) is 22.6 Å². The fourth-order valence-corrected chi connectivity index (χ4v) is 5.99. The molecule has 4 nitrogen and oxygen atoms in total. The van der Waals surface area contributed by atoms with E-state index in [1.165, 1.54) is 44.5 Å². The molecule has 1 aliphatic rings. The number of aliphatic hydroxyl groups is 2. The lowest BCUT2D eigenvalue weighted by Gasteiger charge is -2.37. The topological polar surface area (TPSA) is 58.9 Å². The number of rotatable bonds is 8. The predicted molar refractivity (Wildman–Crippen MR) is 148 cm³/mol. The maximum absolute atomic E-state index is 9.31. The molecule has 1 aliphatic carbocycles. The summed E-state index contributed by atoms with van der Waals surface area (Å²) < 4.78 is 11.7. The van der Waals surface area contributed by atoms with Crippen molar-refractivity contribution in [3.63, 3.8) is 0 Å². The zero-order chi connectivity index (χ0) is 26.2. The van der Waals surface area contributed by atoms with Crippen LogP contribution in [0.1, 0.15) is 44.5 Å². The normalized spacial score (nSPS) is 13.2. The molecule has 0 bridgehead atoms. The van der Waals surface area contributed by atoms with Gasteiger partial charge in [-0.05, 0) is 95.5 Å². The second-order valence-electron chi connectivity index (χ2n) is 9.71. The van der Waals surface area contributed by atoms with E-state index in [1.54, 1.807) is 0 Å². The lowest BCUT2D eigenvalue weighted by molar-refractivity contribution is 0.200. The summed E-state index contributed by atoms with van der Waals surface area (Å²) in [6, 6.07) is 25.9. The van der Waals surface area contributed by atoms with Crippen LogP contribution in [0.5, 0.6) is 11.5 Å². The third-order valence-corrected chi connectivity index (χ3v) is 7.93. The molecule has 0 unspecified atom stereocenters. The van der Waals surface area contributed by atoms with Crippen LogP contribution in [0.15, 0.2) is 72.8 Å². The second kappa shape index (κ2) is 10.0. The van der Waals surface area contributed by atoms with E-state index >= 15 is 0 Å². The monoisotopic (exact) mass is 494 g/mol. The van der Waals surface area contributed by atoms with Crippen molar-refractivity contribution in [1.29, 1.82) is 0 Å². The fraction of sp³-hybridized carbons (Fsp3) is 0.273. The SMILES string of the molecule is Cc1c(OCCO)ccc(C2(c3ccc(OCCO)c(C)c3C)c3ccccc3-c3ccccc32)c1C. The number of fused-ring (bicyclic) bond motifs is 3. The highest BCUT2D eigenvalue weighted by molar-refractivity contribution is 5.87. The van der Waals surface area contributed by atoms with Crippen molar-refractivity contribution in [2.75, 3.05) is 26.4 Å². The van der Waals surface area contributed by atoms with Gasteiger partial charge in [0.1, 0.15) is 24.7 Å². The fourth-order valence-electron chi connectivity index (χ4n) is 5.99. The molecule has 0 atom stereocenters. The quantitative estimate of drug-likeness (QED) is 0.277. The molecule has 0 saturated carbocycles. The Kier molecular flexibility index (Phi) is 6.80. The standard InChI is InChI=1S/C33H34O4/c1-21-23(3)31(36-19-17-34)15-13-27(21)33(28-14-16-32(37-20-18-35)24(4)22(28)2)29-11-7-5-9-25(29)26-10-6-8-12-30(26)33/h5-16,34-35H,17-20H2,1-4H3. The first kappa shape index (κ1) is 25.1. The molecule has 0 amide bonds. The summed E-state index contributed by atoms with van der Waals surface area (Å²) in [7, 11) is 0. The van der Waals surface area contributed by atoms with Crippen LogP contribution in [-0.2, 0) is 5.41 Å². The largest absolute Gasteiger partial charge is 0.491 e. The molecule has 5 rings (SSSR count). The van der Waals surface area contributed by atoms with E-state index in [0.29, 0.717) is 0 Å². The maximum Gasteiger partial charge on any atom is 0.122 e. The molecule has 0 radical (unpaired) electrons. The van der Waals surface area contributed by atoms with Gasteiger partial charge in [-0.1, -0.05) is 60.7 Å². The summed E-state index contributed by atoms with van der Waals surface area (Å²) in [6.07, 6.45) is 0. The Balaban J connectivity index is 1.87. The third-order valence-electron chi connectivity index (χ3n) is 7.93. The summed E-state index contributed by atoms with van der Waals surface area (Å²) in [4.78, 5) is 0. The maximum atomic E-state index is 9.31. The van der Waals surface area contributed by atoms with E-state index in [1.807, 2.05) is 12.1 Å². The molecule has 2 N–H and O–H groups in total. The van der Waals surface area contributed by atoms with Crippen molar-refractivity contribution in [1.82, 2.24) is 0 Å². The number of hydrogen-bond acceptors (Lipinski definition) is 4. The zero-order valence-electron chi connectivity index (χ0n) is 22.0. The molecule has 0 aromatic heterocycles. The molecule has 0 fully saturated rings. The lowest BCUT2D eigenvalue weighted by Crippen LogP contribution is -2.31. The van der Waals surface area contributed by atoms with Gasteiger partial charge < -0.3 is 19.7 Å². The second-order valence-corrected chi connectivity index (χ2v) is 9.71. The Labute approximate surface area is 219 Å². The van der Waals surface area contributed by atoms with E-state index in [-0.39, 0.29) is 26.4 Å². The van der Waals surface area contributed by atoms with Crippen LogP contribution < -0.4 is 9.47 Å². The Bertz CT molecular complexity index is 1340. The van der Waals surface area contributed by atoms with Gasteiger partial charge in [0, 0.05) is 0 Å². The van der Waals surface area contributed by atoms with E-state index in [4.69, 9.17) is 9.47 Å². The molecular weight excluding hydrogens is 460 g/mol. The van der Waals surface area contributed by atoms with Crippen LogP contribution >= 0.6 is 0 Å². The van der Waals surface area contributed by atoms with E-state index in [2.05, 4.69) is 88.4 Å². The van der Waals surface area contributed by atoms with Crippen molar-refractivity contribution >= 4 is 0 Å². The van der Waals surface area contributed by atoms with Gasteiger partial charge in [-0.25, -0.2) is 0 Å². The summed E-state index contributed by atoms with van der Waals surface area (Å²) in [5, 5.41) is 18.6. The van der Waals surface area contributed by atoms with Gasteiger partial charge >= 0.3 is 0 Å². The first-order valence-corrected chi connectivity index (χ1v) is 12.8. The Morgan fingerprint density at radius 3 is 1.32 bits per heavy atom. The molecule has 0 saturated heterocycles. The first-order chi connectivity index (χ1) is 18.0. The summed E-state index contributed by atoms with van der Waals surface area (Å²) >= 11 is 0. The molecule has 37 heavy (non-hydrogen) atoms. The third kappa shape index (κ3) is 3.83. The summed E-state index contributed by atoms with van der Waals surface area (Å²) in [5.74, 6) is 1.59. The van der Waals surface area contributed by atoms with Gasteiger partial charge in [0.05, 0.1) is 18.6 Å². The predicted octanol–water partition coefficient (Wildman–Crippen LogP) is 6.03. The number of benzene rings is 4. The molecule has 0 spiro atoms. The molecule has 0 heterocycles. The molecule has 4 aromatic carbocycles. The van der Waals surface area contributed by atoms with E-state index in [9.17, 15) is 10.2 Å². The van der Waals surface area contributed by atoms with Gasteiger partial charge in [0.2, 0.25) is 0 Å². The van der Waals surface area contributed by atoms with Crippen LogP contribution in [0, 0.1) is 27.7 Å². The summed E-state index contributed by atoms with van der Waals surface area (Å²) in [6.45, 7) is 9.02.